The quantitative estimate of drug-likeness (QED) is 0.600. The van der Waals surface area contributed by atoms with Gasteiger partial charge in [-0.1, -0.05) is 39.1 Å². The zero-order valence-electron chi connectivity index (χ0n) is 13.1. The number of halogens is 3. The average molecular weight is 483 g/mol. The highest BCUT2D eigenvalue weighted by Gasteiger charge is 2.38. The number of benzene rings is 2. The Kier molecular flexibility index (Phi) is 5.92. The summed E-state index contributed by atoms with van der Waals surface area (Å²) in [7, 11) is -2.14. The summed E-state index contributed by atoms with van der Waals surface area (Å²) in [4.78, 5) is 0.128. The van der Waals surface area contributed by atoms with Gasteiger partial charge in [-0.3, -0.25) is 0 Å². The number of hydrogen-bond acceptors (Lipinski definition) is 4. The van der Waals surface area contributed by atoms with E-state index in [4.69, 9.17) is 27.9 Å². The predicted molar refractivity (Wildman–Crippen MR) is 106 cm³/mol. The third-order valence-corrected chi connectivity index (χ3v) is 8.27. The molecule has 0 bridgehead atoms. The van der Waals surface area contributed by atoms with Gasteiger partial charge in [-0.05, 0) is 36.4 Å². The maximum atomic E-state index is 13.1. The van der Waals surface area contributed by atoms with Crippen molar-refractivity contribution >= 4 is 60.9 Å². The van der Waals surface area contributed by atoms with Gasteiger partial charge in [0.05, 0.1) is 27.4 Å². The molecule has 0 N–H and O–H groups in total. The van der Waals surface area contributed by atoms with Gasteiger partial charge < -0.3 is 4.74 Å². The lowest BCUT2D eigenvalue weighted by molar-refractivity contribution is 0.390. The zero-order valence-corrected chi connectivity index (χ0v) is 17.8. The van der Waals surface area contributed by atoms with Gasteiger partial charge in [0, 0.05) is 22.3 Å². The van der Waals surface area contributed by atoms with Gasteiger partial charge in [0.25, 0.3) is 0 Å². The van der Waals surface area contributed by atoms with E-state index < -0.39 is 10.0 Å². The summed E-state index contributed by atoms with van der Waals surface area (Å²) in [6, 6.07) is 9.93. The molecule has 0 unspecified atom stereocenters. The van der Waals surface area contributed by atoms with Crippen LogP contribution < -0.4 is 4.74 Å². The van der Waals surface area contributed by atoms with Gasteiger partial charge in [0.2, 0.25) is 10.0 Å². The van der Waals surface area contributed by atoms with E-state index in [1.165, 1.54) is 22.5 Å². The van der Waals surface area contributed by atoms with Crippen molar-refractivity contribution in [3.8, 4) is 5.75 Å². The van der Waals surface area contributed by atoms with Gasteiger partial charge in [-0.25, -0.2) is 8.42 Å². The molecule has 2 aromatic carbocycles. The molecule has 1 saturated heterocycles. The third-order valence-electron chi connectivity index (χ3n) is 3.80. The molecule has 1 atom stereocenters. The molecule has 2 aromatic rings. The van der Waals surface area contributed by atoms with Gasteiger partial charge in [-0.2, -0.15) is 4.31 Å². The Morgan fingerprint density at radius 2 is 1.96 bits per heavy atom. The molecular formula is C16H14BrCl2NO3S2. The lowest BCUT2D eigenvalue weighted by Gasteiger charge is -2.25. The molecule has 134 valence electrons. The van der Waals surface area contributed by atoms with Crippen molar-refractivity contribution < 1.29 is 13.2 Å². The molecule has 1 fully saturated rings. The molecule has 3 rings (SSSR count). The number of rotatable bonds is 4. The highest BCUT2D eigenvalue weighted by atomic mass is 79.9. The number of hydrogen-bond donors (Lipinski definition) is 0. The van der Waals surface area contributed by atoms with E-state index in [9.17, 15) is 8.42 Å². The summed E-state index contributed by atoms with van der Waals surface area (Å²) in [5.41, 5.74) is 0.808. The van der Waals surface area contributed by atoms with Crippen LogP contribution in [0.5, 0.6) is 5.75 Å². The Balaban J connectivity index is 2.04. The molecular weight excluding hydrogens is 469 g/mol. The number of methoxy groups -OCH3 is 1. The van der Waals surface area contributed by atoms with Crippen molar-refractivity contribution in [1.29, 1.82) is 0 Å². The highest BCUT2D eigenvalue weighted by molar-refractivity contribution is 9.10. The molecule has 0 amide bonds. The van der Waals surface area contributed by atoms with Crippen LogP contribution in [0.1, 0.15) is 10.9 Å². The Morgan fingerprint density at radius 3 is 2.64 bits per heavy atom. The van der Waals surface area contributed by atoms with E-state index in [1.807, 2.05) is 18.2 Å². The summed E-state index contributed by atoms with van der Waals surface area (Å²) in [5.74, 6) is 1.35. The Labute approximate surface area is 169 Å². The van der Waals surface area contributed by atoms with E-state index in [0.29, 0.717) is 23.1 Å². The van der Waals surface area contributed by atoms with Gasteiger partial charge in [0.1, 0.15) is 5.75 Å². The summed E-state index contributed by atoms with van der Waals surface area (Å²) in [6.45, 7) is 0.410. The maximum Gasteiger partial charge on any atom is 0.244 e. The minimum Gasteiger partial charge on any atom is -0.496 e. The first kappa shape index (κ1) is 19.3. The van der Waals surface area contributed by atoms with Crippen LogP contribution in [0.2, 0.25) is 10.0 Å². The summed E-state index contributed by atoms with van der Waals surface area (Å²) in [5, 5.41) is 0.166. The number of ether oxygens (including phenoxy) is 1. The Morgan fingerprint density at radius 1 is 1.20 bits per heavy atom. The minimum absolute atomic E-state index is 0.128. The second-order valence-corrected chi connectivity index (χ2v) is 10.1. The smallest absolute Gasteiger partial charge is 0.244 e. The molecule has 1 aliphatic rings. The van der Waals surface area contributed by atoms with E-state index >= 15 is 0 Å². The lowest BCUT2D eigenvalue weighted by atomic mass is 10.2. The SMILES string of the molecule is COc1ccc(Br)cc1[C@@H]1SCCN1S(=O)(=O)c1ccc(Cl)c(Cl)c1. The topological polar surface area (TPSA) is 46.6 Å². The van der Waals surface area contributed by atoms with Crippen LogP contribution in [-0.2, 0) is 10.0 Å². The number of sulfonamides is 1. The summed E-state index contributed by atoms with van der Waals surface area (Å²) >= 11 is 16.9. The fourth-order valence-corrected chi connectivity index (χ4v) is 6.63. The predicted octanol–water partition coefficient (Wildman–Crippen LogP) is 5.20. The van der Waals surface area contributed by atoms with E-state index in [1.54, 1.807) is 18.9 Å². The third kappa shape index (κ3) is 3.82. The summed E-state index contributed by atoms with van der Waals surface area (Å²) < 4.78 is 34.0. The van der Waals surface area contributed by atoms with E-state index in [-0.39, 0.29) is 15.3 Å². The molecule has 0 aliphatic carbocycles. The van der Waals surface area contributed by atoms with Crippen molar-refractivity contribution in [3.05, 3.63) is 56.5 Å². The van der Waals surface area contributed by atoms with Crippen LogP contribution in [0.25, 0.3) is 0 Å². The molecule has 9 heteroatoms. The Hall–Kier alpha value is -0.440. The number of thioether (sulfide) groups is 1. The molecule has 1 aliphatic heterocycles. The van der Waals surface area contributed by atoms with E-state index in [2.05, 4.69) is 15.9 Å². The average Bonchev–Trinajstić information content (AvgIpc) is 3.07. The monoisotopic (exact) mass is 481 g/mol. The highest BCUT2D eigenvalue weighted by Crippen LogP contribution is 2.45. The largest absolute Gasteiger partial charge is 0.496 e. The molecule has 4 nitrogen and oxygen atoms in total. The van der Waals surface area contributed by atoms with Crippen molar-refractivity contribution in [1.82, 2.24) is 4.31 Å². The first-order chi connectivity index (χ1) is 11.8. The molecule has 0 radical (unpaired) electrons. The fraction of sp³-hybridized carbons (Fsp3) is 0.250. The van der Waals surface area contributed by atoms with Crippen LogP contribution in [-0.4, -0.2) is 32.1 Å². The molecule has 1 heterocycles. The minimum atomic E-state index is -3.71. The molecule has 0 spiro atoms. The zero-order chi connectivity index (χ0) is 18.2. The van der Waals surface area contributed by atoms with Crippen LogP contribution in [0, 0.1) is 0 Å². The van der Waals surface area contributed by atoms with Crippen molar-refractivity contribution in [2.45, 2.75) is 10.3 Å². The first-order valence-electron chi connectivity index (χ1n) is 7.26. The van der Waals surface area contributed by atoms with Crippen LogP contribution in [0.15, 0.2) is 45.8 Å². The van der Waals surface area contributed by atoms with E-state index in [0.717, 1.165) is 10.0 Å². The van der Waals surface area contributed by atoms with Crippen LogP contribution in [0.4, 0.5) is 0 Å². The first-order valence-corrected chi connectivity index (χ1v) is 11.3. The standard InChI is InChI=1S/C16H14BrCl2NO3S2/c1-23-15-5-2-10(17)8-12(15)16-20(6-7-24-16)25(21,22)11-3-4-13(18)14(19)9-11/h2-5,8-9,16H,6-7H2,1H3/t16-/m0/s1. The maximum absolute atomic E-state index is 13.1. The van der Waals surface area contributed by atoms with Crippen molar-refractivity contribution in [2.24, 2.45) is 0 Å². The fourth-order valence-electron chi connectivity index (χ4n) is 2.62. The van der Waals surface area contributed by atoms with Crippen molar-refractivity contribution in [2.75, 3.05) is 19.4 Å². The van der Waals surface area contributed by atoms with Crippen LogP contribution in [0.3, 0.4) is 0 Å². The second-order valence-electron chi connectivity index (χ2n) is 5.30. The van der Waals surface area contributed by atoms with Crippen LogP contribution >= 0.6 is 50.9 Å². The molecule has 0 aromatic heterocycles. The van der Waals surface area contributed by atoms with Gasteiger partial charge in [-0.15, -0.1) is 11.8 Å². The normalized spacial score (nSPS) is 18.5. The second kappa shape index (κ2) is 7.66. The van der Waals surface area contributed by atoms with Gasteiger partial charge in [0.15, 0.2) is 0 Å². The Bertz CT molecular complexity index is 908. The number of nitrogens with zero attached hydrogens (tertiary/aromatic N) is 1. The lowest BCUT2D eigenvalue weighted by Crippen LogP contribution is -2.30. The molecule has 0 saturated carbocycles. The molecule has 25 heavy (non-hydrogen) atoms. The summed E-state index contributed by atoms with van der Waals surface area (Å²) in [6.07, 6.45) is 0. The van der Waals surface area contributed by atoms with Crippen molar-refractivity contribution in [3.63, 3.8) is 0 Å². The van der Waals surface area contributed by atoms with Gasteiger partial charge >= 0.3 is 0 Å².